The molecule has 38 heavy (non-hydrogen) atoms. The van der Waals surface area contributed by atoms with Crippen LogP contribution in [0.5, 0.6) is 0 Å². The van der Waals surface area contributed by atoms with Crippen molar-refractivity contribution in [3.8, 4) is 0 Å². The molecule has 3 nitrogen and oxygen atoms in total. The minimum atomic E-state index is -0.120. The van der Waals surface area contributed by atoms with Crippen LogP contribution in [0, 0.1) is 6.92 Å². The third-order valence-electron chi connectivity index (χ3n) is 8.19. The summed E-state index contributed by atoms with van der Waals surface area (Å²) in [4.78, 5) is 7.59. The summed E-state index contributed by atoms with van der Waals surface area (Å²) in [5.41, 5.74) is 11.8. The summed E-state index contributed by atoms with van der Waals surface area (Å²) in [6, 6.07) is 30.3. The average molecular weight is 491 g/mol. The minimum Gasteiger partial charge on any atom is -0.455 e. The maximum absolute atomic E-state index is 6.74. The van der Waals surface area contributed by atoms with Crippen molar-refractivity contribution in [3.05, 3.63) is 143 Å². The Balaban J connectivity index is 1.40. The summed E-state index contributed by atoms with van der Waals surface area (Å²) < 4.78 is 6.74. The van der Waals surface area contributed by atoms with Gasteiger partial charge in [0.1, 0.15) is 11.2 Å². The van der Waals surface area contributed by atoms with E-state index in [9.17, 15) is 0 Å². The molecule has 4 aromatic carbocycles. The molecule has 4 heterocycles. The van der Waals surface area contributed by atoms with E-state index in [2.05, 4.69) is 121 Å². The maximum Gasteiger partial charge on any atom is 0.141 e. The fourth-order valence-electron chi connectivity index (χ4n) is 6.45. The third-order valence-corrected chi connectivity index (χ3v) is 8.19. The molecule has 0 radical (unpaired) electrons. The molecule has 0 saturated heterocycles. The van der Waals surface area contributed by atoms with Crippen molar-refractivity contribution >= 4 is 39.4 Å². The Hall–Kier alpha value is -4.63. The number of benzene rings is 4. The molecule has 0 saturated carbocycles. The zero-order chi connectivity index (χ0) is 25.2. The molecule has 0 fully saturated rings. The fraction of sp³-hybridized carbons (Fsp3) is 0.114. The van der Waals surface area contributed by atoms with Crippen molar-refractivity contribution in [2.24, 2.45) is 4.99 Å². The van der Waals surface area contributed by atoms with Gasteiger partial charge in [0.25, 0.3) is 0 Å². The van der Waals surface area contributed by atoms with Gasteiger partial charge >= 0.3 is 0 Å². The smallest absolute Gasteiger partial charge is 0.141 e. The molecule has 0 aliphatic carbocycles. The van der Waals surface area contributed by atoms with Crippen LogP contribution >= 0.6 is 0 Å². The monoisotopic (exact) mass is 490 g/mol. The Bertz CT molecular complexity index is 1870. The van der Waals surface area contributed by atoms with E-state index in [1.807, 2.05) is 6.21 Å². The van der Waals surface area contributed by atoms with E-state index in [-0.39, 0.29) is 12.1 Å². The molecule has 0 bridgehead atoms. The molecule has 5 aromatic rings. The molecule has 3 aliphatic rings. The molecule has 0 N–H and O–H groups in total. The van der Waals surface area contributed by atoms with Gasteiger partial charge in [0, 0.05) is 40.4 Å². The van der Waals surface area contributed by atoms with Crippen LogP contribution in [0.2, 0.25) is 0 Å². The van der Waals surface area contributed by atoms with Gasteiger partial charge < -0.3 is 9.32 Å². The number of hydrogen-bond acceptors (Lipinski definition) is 3. The van der Waals surface area contributed by atoms with Crippen LogP contribution in [0.3, 0.4) is 0 Å². The van der Waals surface area contributed by atoms with Crippen molar-refractivity contribution in [3.63, 3.8) is 0 Å². The van der Waals surface area contributed by atoms with Gasteiger partial charge in [-0.2, -0.15) is 0 Å². The summed E-state index contributed by atoms with van der Waals surface area (Å²) in [5, 5.41) is 2.31. The highest BCUT2D eigenvalue weighted by Crippen LogP contribution is 2.50. The van der Waals surface area contributed by atoms with E-state index in [1.54, 1.807) is 0 Å². The van der Waals surface area contributed by atoms with Gasteiger partial charge in [0.15, 0.2) is 0 Å². The standard InChI is InChI=1S/C35H26N2O/c1-22-10-9-15-27-28-17-18-29(33-26-14-6-5-13-25(26)31-16-7-8-19-37(31)33)32(35(28)38-34(22)27)30-20-24(21-36-30)23-11-3-2-4-12-23/h2-18,20-21,30,33H,19H2,1H3. The van der Waals surface area contributed by atoms with Crippen molar-refractivity contribution in [2.45, 2.75) is 19.0 Å². The van der Waals surface area contributed by atoms with Crippen molar-refractivity contribution in [1.82, 2.24) is 4.90 Å². The number of hydrogen-bond donors (Lipinski definition) is 0. The molecular weight excluding hydrogens is 464 g/mol. The lowest BCUT2D eigenvalue weighted by molar-refractivity contribution is 0.387. The highest BCUT2D eigenvalue weighted by Gasteiger charge is 2.38. The van der Waals surface area contributed by atoms with Gasteiger partial charge in [-0.3, -0.25) is 4.99 Å². The van der Waals surface area contributed by atoms with Crippen molar-refractivity contribution in [2.75, 3.05) is 6.54 Å². The maximum atomic E-state index is 6.74. The molecule has 1 aromatic heterocycles. The molecule has 0 amide bonds. The Morgan fingerprint density at radius 1 is 0.816 bits per heavy atom. The summed E-state index contributed by atoms with van der Waals surface area (Å²) >= 11 is 0. The lowest BCUT2D eigenvalue weighted by Crippen LogP contribution is -2.25. The van der Waals surface area contributed by atoms with Gasteiger partial charge in [-0.1, -0.05) is 97.1 Å². The second-order valence-corrected chi connectivity index (χ2v) is 10.3. The number of allylic oxidation sites excluding steroid dienone is 3. The Labute approximate surface area is 221 Å². The predicted octanol–water partition coefficient (Wildman–Crippen LogP) is 8.42. The van der Waals surface area contributed by atoms with Crippen LogP contribution in [0.15, 0.2) is 119 Å². The highest BCUT2D eigenvalue weighted by molar-refractivity contribution is 6.13. The molecule has 2 unspecified atom stereocenters. The van der Waals surface area contributed by atoms with Crippen LogP contribution in [-0.2, 0) is 0 Å². The largest absolute Gasteiger partial charge is 0.455 e. The van der Waals surface area contributed by atoms with Crippen LogP contribution in [0.25, 0.3) is 33.2 Å². The van der Waals surface area contributed by atoms with E-state index >= 15 is 0 Å². The molecule has 3 heteroatoms. The number of nitrogens with zero attached hydrogens (tertiary/aromatic N) is 2. The first kappa shape index (κ1) is 21.5. The molecule has 182 valence electrons. The Kier molecular flexibility index (Phi) is 4.62. The number of fused-ring (bicyclic) bond motifs is 6. The van der Waals surface area contributed by atoms with E-state index < -0.39 is 0 Å². The summed E-state index contributed by atoms with van der Waals surface area (Å²) in [6.45, 7) is 3.00. The van der Waals surface area contributed by atoms with Crippen LogP contribution < -0.4 is 0 Å². The second kappa shape index (κ2) is 8.19. The predicted molar refractivity (Wildman–Crippen MR) is 156 cm³/mol. The molecule has 3 aliphatic heterocycles. The number of para-hydroxylation sites is 1. The normalized spacial score (nSPS) is 19.7. The van der Waals surface area contributed by atoms with Gasteiger partial charge in [-0.05, 0) is 46.9 Å². The Morgan fingerprint density at radius 3 is 2.58 bits per heavy atom. The average Bonchev–Trinajstić information content (AvgIpc) is 3.68. The SMILES string of the molecule is Cc1cccc2c1oc1c(C3C=C(c4ccccc4)C=N3)c(C3c4ccccc4C4=CC=CCN43)ccc12. The highest BCUT2D eigenvalue weighted by atomic mass is 16.3. The van der Waals surface area contributed by atoms with E-state index in [0.717, 1.165) is 45.2 Å². The minimum absolute atomic E-state index is 0.0977. The van der Waals surface area contributed by atoms with Gasteiger partial charge in [-0.25, -0.2) is 0 Å². The van der Waals surface area contributed by atoms with Crippen LogP contribution in [0.1, 0.15) is 45.5 Å². The lowest BCUT2D eigenvalue weighted by atomic mass is 9.89. The van der Waals surface area contributed by atoms with Crippen LogP contribution in [-0.4, -0.2) is 17.7 Å². The fourth-order valence-corrected chi connectivity index (χ4v) is 6.45. The summed E-state index contributed by atoms with van der Waals surface area (Å²) in [7, 11) is 0. The lowest BCUT2D eigenvalue weighted by Gasteiger charge is -2.31. The van der Waals surface area contributed by atoms with Gasteiger partial charge in [0.05, 0.1) is 12.1 Å². The second-order valence-electron chi connectivity index (χ2n) is 10.3. The van der Waals surface area contributed by atoms with Crippen molar-refractivity contribution in [1.29, 1.82) is 0 Å². The first-order valence-electron chi connectivity index (χ1n) is 13.3. The molecule has 2 atom stereocenters. The third kappa shape index (κ3) is 3.05. The number of aliphatic imine (C=N–C) groups is 1. The van der Waals surface area contributed by atoms with Crippen molar-refractivity contribution < 1.29 is 4.42 Å². The van der Waals surface area contributed by atoms with Gasteiger partial charge in [-0.15, -0.1) is 0 Å². The zero-order valence-corrected chi connectivity index (χ0v) is 21.1. The topological polar surface area (TPSA) is 28.7 Å². The summed E-state index contributed by atoms with van der Waals surface area (Å²) in [6.07, 6.45) is 11.0. The number of aryl methyl sites for hydroxylation is 1. The zero-order valence-electron chi connectivity index (χ0n) is 21.1. The quantitative estimate of drug-likeness (QED) is 0.254. The van der Waals surface area contributed by atoms with E-state index in [0.29, 0.717) is 0 Å². The molecular formula is C35H26N2O. The summed E-state index contributed by atoms with van der Waals surface area (Å²) in [5.74, 6) is 0. The number of furan rings is 1. The Morgan fingerprint density at radius 2 is 1.66 bits per heavy atom. The molecule has 8 rings (SSSR count). The first-order chi connectivity index (χ1) is 18.8. The van der Waals surface area contributed by atoms with E-state index in [1.165, 1.54) is 28.0 Å². The van der Waals surface area contributed by atoms with Crippen LogP contribution in [0.4, 0.5) is 0 Å². The van der Waals surface area contributed by atoms with Gasteiger partial charge in [0.2, 0.25) is 0 Å². The number of rotatable bonds is 3. The van der Waals surface area contributed by atoms with E-state index in [4.69, 9.17) is 9.41 Å². The first-order valence-corrected chi connectivity index (χ1v) is 13.3. The molecule has 0 spiro atoms.